The van der Waals surface area contributed by atoms with Gasteiger partial charge in [0.25, 0.3) is 0 Å². The van der Waals surface area contributed by atoms with E-state index in [4.69, 9.17) is 4.74 Å². The first-order valence-corrected chi connectivity index (χ1v) is 14.2. The first kappa shape index (κ1) is 25.9. The Balaban J connectivity index is 1.28. The van der Waals surface area contributed by atoms with Crippen LogP contribution in [0.1, 0.15) is 115 Å². The third-order valence-corrected chi connectivity index (χ3v) is 7.47. The third-order valence-electron chi connectivity index (χ3n) is 7.47. The summed E-state index contributed by atoms with van der Waals surface area (Å²) in [4.78, 5) is 0. The standard InChI is InChI=1S/C32H48O/c1-2-3-4-5-6-7-8-9-10-14-27-33-32-25-23-31(24-26-32)30-21-19-29(20-22-30)18-17-28-15-12-11-13-16-28/h19-26,28H,2-18,27H2,1H3. The summed E-state index contributed by atoms with van der Waals surface area (Å²) in [6, 6.07) is 17.9. The SMILES string of the molecule is CCCCCCCCCCCCOc1ccc(-c2ccc(CCC3CCCCC3)cc2)cc1. The molecule has 0 atom stereocenters. The molecule has 0 amide bonds. The van der Waals surface area contributed by atoms with Gasteiger partial charge in [-0.15, -0.1) is 0 Å². The topological polar surface area (TPSA) is 9.23 Å². The largest absolute Gasteiger partial charge is 0.494 e. The summed E-state index contributed by atoms with van der Waals surface area (Å²) in [6.07, 6.45) is 23.5. The summed E-state index contributed by atoms with van der Waals surface area (Å²) in [6.45, 7) is 3.12. The van der Waals surface area contributed by atoms with Crippen molar-refractivity contribution in [1.29, 1.82) is 0 Å². The van der Waals surface area contributed by atoms with Crippen molar-refractivity contribution >= 4 is 0 Å². The highest BCUT2D eigenvalue weighted by molar-refractivity contribution is 5.64. The Labute approximate surface area is 204 Å². The van der Waals surface area contributed by atoms with E-state index in [-0.39, 0.29) is 0 Å². The number of aryl methyl sites for hydroxylation is 1. The summed E-state index contributed by atoms with van der Waals surface area (Å²) in [5.41, 5.74) is 4.07. The van der Waals surface area contributed by atoms with Gasteiger partial charge >= 0.3 is 0 Å². The van der Waals surface area contributed by atoms with Crippen molar-refractivity contribution in [2.45, 2.75) is 116 Å². The molecule has 0 aliphatic heterocycles. The predicted octanol–water partition coefficient (Wildman–Crippen LogP) is 10.2. The Kier molecular flexibility index (Phi) is 12.5. The van der Waals surface area contributed by atoms with Crippen molar-refractivity contribution in [1.82, 2.24) is 0 Å². The summed E-state index contributed by atoms with van der Waals surface area (Å²) in [5.74, 6) is 1.96. The maximum Gasteiger partial charge on any atom is 0.119 e. The lowest BCUT2D eigenvalue weighted by atomic mass is 9.85. The van der Waals surface area contributed by atoms with Crippen molar-refractivity contribution in [3.05, 3.63) is 54.1 Å². The monoisotopic (exact) mass is 448 g/mol. The molecule has 182 valence electrons. The van der Waals surface area contributed by atoms with Crippen LogP contribution in [0, 0.1) is 5.92 Å². The second-order valence-corrected chi connectivity index (χ2v) is 10.3. The van der Waals surface area contributed by atoms with Gasteiger partial charge in [-0.25, -0.2) is 0 Å². The summed E-state index contributed by atoms with van der Waals surface area (Å²) in [7, 11) is 0. The Morgan fingerprint density at radius 3 is 1.79 bits per heavy atom. The highest BCUT2D eigenvalue weighted by Gasteiger charge is 2.13. The lowest BCUT2D eigenvalue weighted by Gasteiger charge is -2.21. The lowest BCUT2D eigenvalue weighted by molar-refractivity contribution is 0.304. The molecule has 0 bridgehead atoms. The van der Waals surface area contributed by atoms with Gasteiger partial charge in [-0.05, 0) is 54.0 Å². The fourth-order valence-corrected chi connectivity index (χ4v) is 5.23. The molecule has 33 heavy (non-hydrogen) atoms. The molecule has 2 aromatic rings. The maximum atomic E-state index is 5.98. The maximum absolute atomic E-state index is 5.98. The van der Waals surface area contributed by atoms with Crippen molar-refractivity contribution in [3.63, 3.8) is 0 Å². The first-order valence-electron chi connectivity index (χ1n) is 14.2. The average molecular weight is 449 g/mol. The number of unbranched alkanes of at least 4 members (excludes halogenated alkanes) is 9. The highest BCUT2D eigenvalue weighted by Crippen LogP contribution is 2.28. The van der Waals surface area contributed by atoms with Crippen LogP contribution < -0.4 is 4.74 Å². The second kappa shape index (κ2) is 16.0. The summed E-state index contributed by atoms with van der Waals surface area (Å²) < 4.78 is 5.98. The van der Waals surface area contributed by atoms with Gasteiger partial charge < -0.3 is 4.74 Å². The molecule has 0 spiro atoms. The zero-order valence-electron chi connectivity index (χ0n) is 21.3. The van der Waals surface area contributed by atoms with E-state index in [2.05, 4.69) is 55.5 Å². The number of benzene rings is 2. The molecule has 0 heterocycles. The fraction of sp³-hybridized carbons (Fsp3) is 0.625. The quantitative estimate of drug-likeness (QED) is 0.232. The van der Waals surface area contributed by atoms with Crippen molar-refractivity contribution < 1.29 is 4.74 Å². The molecule has 0 radical (unpaired) electrons. The molecule has 1 fully saturated rings. The molecular formula is C32H48O. The number of hydrogen-bond donors (Lipinski definition) is 0. The number of rotatable bonds is 16. The Bertz CT molecular complexity index is 724. The zero-order chi connectivity index (χ0) is 23.0. The van der Waals surface area contributed by atoms with E-state index in [1.807, 2.05) is 0 Å². The van der Waals surface area contributed by atoms with Gasteiger partial charge in [-0.1, -0.05) is 133 Å². The predicted molar refractivity (Wildman–Crippen MR) is 144 cm³/mol. The molecular weight excluding hydrogens is 400 g/mol. The van der Waals surface area contributed by atoms with Crippen LogP contribution in [0.4, 0.5) is 0 Å². The van der Waals surface area contributed by atoms with E-state index >= 15 is 0 Å². The average Bonchev–Trinajstić information content (AvgIpc) is 2.87. The molecule has 3 rings (SSSR count). The highest BCUT2D eigenvalue weighted by atomic mass is 16.5. The van der Waals surface area contributed by atoms with E-state index in [1.54, 1.807) is 0 Å². The molecule has 1 nitrogen and oxygen atoms in total. The van der Waals surface area contributed by atoms with Crippen LogP contribution in [0.15, 0.2) is 48.5 Å². The molecule has 2 aromatic carbocycles. The zero-order valence-corrected chi connectivity index (χ0v) is 21.3. The minimum Gasteiger partial charge on any atom is -0.494 e. The van der Waals surface area contributed by atoms with Crippen LogP contribution in [-0.2, 0) is 6.42 Å². The van der Waals surface area contributed by atoms with Crippen molar-refractivity contribution in [2.75, 3.05) is 6.61 Å². The van der Waals surface area contributed by atoms with Crippen LogP contribution >= 0.6 is 0 Å². The Hall–Kier alpha value is -1.76. The minimum atomic E-state index is 0.839. The van der Waals surface area contributed by atoms with Gasteiger partial charge in [0.1, 0.15) is 5.75 Å². The van der Waals surface area contributed by atoms with E-state index in [0.29, 0.717) is 0 Å². The van der Waals surface area contributed by atoms with Gasteiger partial charge in [0.15, 0.2) is 0 Å². The second-order valence-electron chi connectivity index (χ2n) is 10.3. The molecule has 0 saturated heterocycles. The van der Waals surface area contributed by atoms with Gasteiger partial charge in [-0.2, -0.15) is 0 Å². The van der Waals surface area contributed by atoms with Crippen LogP contribution in [0.2, 0.25) is 0 Å². The van der Waals surface area contributed by atoms with Gasteiger partial charge in [0.05, 0.1) is 6.61 Å². The summed E-state index contributed by atoms with van der Waals surface area (Å²) >= 11 is 0. The molecule has 0 N–H and O–H groups in total. The lowest BCUT2D eigenvalue weighted by Crippen LogP contribution is -2.07. The normalized spacial score (nSPS) is 14.5. The molecule has 1 saturated carbocycles. The van der Waals surface area contributed by atoms with Crippen LogP contribution in [0.25, 0.3) is 11.1 Å². The Morgan fingerprint density at radius 2 is 1.18 bits per heavy atom. The molecule has 0 aromatic heterocycles. The van der Waals surface area contributed by atoms with E-state index in [1.165, 1.54) is 126 Å². The van der Waals surface area contributed by atoms with Gasteiger partial charge in [0, 0.05) is 0 Å². The summed E-state index contributed by atoms with van der Waals surface area (Å²) in [5, 5.41) is 0. The minimum absolute atomic E-state index is 0.839. The Morgan fingerprint density at radius 1 is 0.636 bits per heavy atom. The molecule has 1 aliphatic carbocycles. The van der Waals surface area contributed by atoms with E-state index in [9.17, 15) is 0 Å². The van der Waals surface area contributed by atoms with Crippen LogP contribution in [-0.4, -0.2) is 6.61 Å². The molecule has 0 unspecified atom stereocenters. The van der Waals surface area contributed by atoms with Gasteiger partial charge in [0.2, 0.25) is 0 Å². The molecule has 1 aliphatic rings. The van der Waals surface area contributed by atoms with Crippen LogP contribution in [0.5, 0.6) is 5.75 Å². The van der Waals surface area contributed by atoms with E-state index < -0.39 is 0 Å². The van der Waals surface area contributed by atoms with Crippen molar-refractivity contribution in [2.24, 2.45) is 5.92 Å². The number of hydrogen-bond acceptors (Lipinski definition) is 1. The first-order chi connectivity index (χ1) is 16.3. The van der Waals surface area contributed by atoms with E-state index in [0.717, 1.165) is 18.3 Å². The number of ether oxygens (including phenoxy) is 1. The van der Waals surface area contributed by atoms with Crippen LogP contribution in [0.3, 0.4) is 0 Å². The molecule has 1 heteroatoms. The smallest absolute Gasteiger partial charge is 0.119 e. The third kappa shape index (κ3) is 10.4. The fourth-order valence-electron chi connectivity index (χ4n) is 5.23. The van der Waals surface area contributed by atoms with Gasteiger partial charge in [-0.3, -0.25) is 0 Å². The van der Waals surface area contributed by atoms with Crippen molar-refractivity contribution in [3.8, 4) is 16.9 Å².